The Hall–Kier alpha value is -6.99. The third kappa shape index (κ3) is 9.33. The Balaban J connectivity index is 0.000000145. The maximum absolute atomic E-state index is 10.5. The van der Waals surface area contributed by atoms with Gasteiger partial charge in [0.1, 0.15) is 0 Å². The van der Waals surface area contributed by atoms with E-state index in [1.54, 1.807) is 12.1 Å². The maximum atomic E-state index is 10.5. The van der Waals surface area contributed by atoms with E-state index in [0.29, 0.717) is 0 Å². The van der Waals surface area contributed by atoms with E-state index in [2.05, 4.69) is 195 Å². The van der Waals surface area contributed by atoms with Gasteiger partial charge in [-0.2, -0.15) is 8.42 Å². The predicted molar refractivity (Wildman–Crippen MR) is 272 cm³/mol. The van der Waals surface area contributed by atoms with Crippen molar-refractivity contribution in [3.05, 3.63) is 215 Å². The van der Waals surface area contributed by atoms with E-state index in [0.717, 1.165) is 33.6 Å². The number of rotatable bonds is 5. The van der Waals surface area contributed by atoms with Crippen LogP contribution in [0.15, 0.2) is 175 Å². The number of hydrogen-bond donors (Lipinski definition) is 1. The van der Waals surface area contributed by atoms with E-state index in [-0.39, 0.29) is 10.3 Å². The molecule has 9 aromatic rings. The van der Waals surface area contributed by atoms with Crippen LogP contribution in [0.2, 0.25) is 0 Å². The van der Waals surface area contributed by atoms with Gasteiger partial charge in [0.25, 0.3) is 10.1 Å². The van der Waals surface area contributed by atoms with Gasteiger partial charge in [-0.1, -0.05) is 157 Å². The first kappa shape index (κ1) is 44.6. The van der Waals surface area contributed by atoms with Crippen LogP contribution in [0.25, 0.3) is 72.1 Å². The van der Waals surface area contributed by atoms with Crippen molar-refractivity contribution in [2.75, 3.05) is 0 Å². The molecular formula is C59H54N2O3S. The molecule has 324 valence electrons. The molecule has 2 aromatic heterocycles. The fourth-order valence-electron chi connectivity index (χ4n) is 9.16. The number of fused-ring (bicyclic) bond motifs is 6. The number of nitrogens with zero attached hydrogens (tertiary/aromatic N) is 2. The standard InChI is InChI=1S/2C26H23N.C7H8O3S/c1-16-13-17(2)15-18(14-16)23-11-9-20-24(27-23)12-10-22-25(20)19-7-5-6-8-21(19)26(22,3)4;1-17(2)21-8-5-6-9-22(21)23-10-7-11-26-24(23)12-13-25(27-26)20-15-18(3)14-19(4)16-20;1-6-2-4-7(5-3-6)11(8,9)10/h5-15H,1-4H3;5-16H,1H2,2-4H3;2-5H,1H3,(H,8,9,10). The first-order valence-electron chi connectivity index (χ1n) is 21.9. The van der Waals surface area contributed by atoms with E-state index >= 15 is 0 Å². The Bertz CT molecular complexity index is 3360. The molecule has 5 nitrogen and oxygen atoms in total. The number of hydrogen-bond acceptors (Lipinski definition) is 4. The minimum absolute atomic E-state index is 0.0342. The van der Waals surface area contributed by atoms with Crippen LogP contribution in [-0.4, -0.2) is 22.9 Å². The molecule has 1 N–H and O–H groups in total. The summed E-state index contributed by atoms with van der Waals surface area (Å²) in [6, 6.07) is 56.0. The van der Waals surface area contributed by atoms with E-state index < -0.39 is 10.1 Å². The summed E-state index contributed by atoms with van der Waals surface area (Å²) in [6.07, 6.45) is 0. The van der Waals surface area contributed by atoms with Crippen LogP contribution in [-0.2, 0) is 15.5 Å². The summed E-state index contributed by atoms with van der Waals surface area (Å²) < 4.78 is 29.6. The minimum atomic E-state index is -4.02. The van der Waals surface area contributed by atoms with Crippen molar-refractivity contribution in [1.82, 2.24) is 9.97 Å². The minimum Gasteiger partial charge on any atom is -0.282 e. The smallest absolute Gasteiger partial charge is 0.282 e. The average Bonchev–Trinajstić information content (AvgIpc) is 3.51. The van der Waals surface area contributed by atoms with E-state index in [4.69, 9.17) is 14.5 Å². The van der Waals surface area contributed by atoms with Gasteiger partial charge >= 0.3 is 0 Å². The van der Waals surface area contributed by atoms with Crippen LogP contribution in [0, 0.1) is 34.6 Å². The molecule has 6 heteroatoms. The Morgan fingerprint density at radius 1 is 0.508 bits per heavy atom. The molecule has 0 spiro atoms. The molecule has 0 amide bonds. The molecule has 0 atom stereocenters. The third-order valence-corrected chi connectivity index (χ3v) is 13.0. The highest BCUT2D eigenvalue weighted by Gasteiger charge is 2.36. The van der Waals surface area contributed by atoms with Crippen LogP contribution >= 0.6 is 0 Å². The van der Waals surface area contributed by atoms with Crippen molar-refractivity contribution in [1.29, 1.82) is 0 Å². The lowest BCUT2D eigenvalue weighted by molar-refractivity contribution is 0.483. The zero-order valence-corrected chi connectivity index (χ0v) is 39.2. The van der Waals surface area contributed by atoms with Crippen molar-refractivity contribution in [3.8, 4) is 44.8 Å². The van der Waals surface area contributed by atoms with E-state index in [1.807, 2.05) is 6.92 Å². The predicted octanol–water partition coefficient (Wildman–Crippen LogP) is 15.3. The lowest BCUT2D eigenvalue weighted by Crippen LogP contribution is -2.14. The first-order valence-corrected chi connectivity index (χ1v) is 23.3. The molecule has 0 saturated carbocycles. The van der Waals surface area contributed by atoms with Crippen molar-refractivity contribution in [3.63, 3.8) is 0 Å². The number of pyridine rings is 2. The van der Waals surface area contributed by atoms with Crippen LogP contribution in [0.3, 0.4) is 0 Å². The Morgan fingerprint density at radius 2 is 1.02 bits per heavy atom. The summed E-state index contributed by atoms with van der Waals surface area (Å²) in [5.74, 6) is 0. The second-order valence-corrected chi connectivity index (χ2v) is 19.3. The summed E-state index contributed by atoms with van der Waals surface area (Å²) in [6.45, 7) is 21.2. The molecule has 1 aliphatic carbocycles. The number of aromatic nitrogens is 2. The van der Waals surface area contributed by atoms with Crippen LogP contribution < -0.4 is 0 Å². The molecule has 65 heavy (non-hydrogen) atoms. The van der Waals surface area contributed by atoms with Crippen molar-refractivity contribution in [2.45, 2.75) is 65.7 Å². The fourth-order valence-corrected chi connectivity index (χ4v) is 9.64. The van der Waals surface area contributed by atoms with Crippen molar-refractivity contribution < 1.29 is 13.0 Å². The summed E-state index contributed by atoms with van der Waals surface area (Å²) >= 11 is 0. The normalized spacial score (nSPS) is 12.4. The number of aryl methyl sites for hydroxylation is 5. The van der Waals surface area contributed by atoms with Gasteiger partial charge in [0, 0.05) is 27.3 Å². The highest BCUT2D eigenvalue weighted by atomic mass is 32.2. The van der Waals surface area contributed by atoms with Crippen LogP contribution in [0.1, 0.15) is 65.3 Å². The van der Waals surface area contributed by atoms with Gasteiger partial charge in [-0.25, -0.2) is 9.97 Å². The monoisotopic (exact) mass is 870 g/mol. The first-order chi connectivity index (χ1) is 31.0. The Kier molecular flexibility index (Phi) is 12.3. The maximum Gasteiger partial charge on any atom is 0.294 e. The molecule has 7 aromatic carbocycles. The number of allylic oxidation sites excluding steroid dienone is 1. The second kappa shape index (κ2) is 17.9. The highest BCUT2D eigenvalue weighted by Crippen LogP contribution is 2.51. The van der Waals surface area contributed by atoms with Gasteiger partial charge in [-0.05, 0) is 141 Å². The third-order valence-electron chi connectivity index (χ3n) is 12.2. The van der Waals surface area contributed by atoms with E-state index in [1.165, 1.54) is 95.2 Å². The number of benzene rings is 7. The molecule has 0 aliphatic heterocycles. The molecule has 0 unspecified atom stereocenters. The zero-order chi connectivity index (χ0) is 46.2. The lowest BCUT2D eigenvalue weighted by atomic mass is 9.82. The topological polar surface area (TPSA) is 80.2 Å². The van der Waals surface area contributed by atoms with Gasteiger partial charge in [0.2, 0.25) is 0 Å². The molecule has 0 bridgehead atoms. The molecule has 2 heterocycles. The van der Waals surface area contributed by atoms with Gasteiger partial charge in [0.15, 0.2) is 0 Å². The quantitative estimate of drug-likeness (QED) is 0.174. The Morgan fingerprint density at radius 3 is 1.58 bits per heavy atom. The van der Waals surface area contributed by atoms with Crippen LogP contribution in [0.5, 0.6) is 0 Å². The van der Waals surface area contributed by atoms with E-state index in [9.17, 15) is 8.42 Å². The summed E-state index contributed by atoms with van der Waals surface area (Å²) in [7, 11) is -4.02. The molecule has 0 fully saturated rings. The largest absolute Gasteiger partial charge is 0.294 e. The van der Waals surface area contributed by atoms with Crippen molar-refractivity contribution in [2.24, 2.45) is 0 Å². The molecule has 10 rings (SSSR count). The van der Waals surface area contributed by atoms with Gasteiger partial charge in [-0.15, -0.1) is 0 Å². The molecule has 0 radical (unpaired) electrons. The average molecular weight is 871 g/mol. The summed E-state index contributed by atoms with van der Waals surface area (Å²) in [4.78, 5) is 9.93. The second-order valence-electron chi connectivity index (χ2n) is 17.9. The summed E-state index contributed by atoms with van der Waals surface area (Å²) in [5, 5.41) is 2.41. The molecule has 1 aliphatic rings. The fraction of sp³-hybridized carbons (Fsp3) is 0.153. The SMILES string of the molecule is C=C(C)c1ccccc1-c1cccc2nc(-c3cc(C)cc(C)c3)ccc12.Cc1cc(C)cc(-c2ccc3c4c(ccc3n2)C(C)(C)c2ccccc2-4)c1.Cc1ccc(S(=O)(=O)O)cc1. The lowest BCUT2D eigenvalue weighted by Gasteiger charge is -2.21. The molecular weight excluding hydrogens is 817 g/mol. The highest BCUT2D eigenvalue weighted by molar-refractivity contribution is 7.85. The van der Waals surface area contributed by atoms with Crippen LogP contribution in [0.4, 0.5) is 0 Å². The van der Waals surface area contributed by atoms with Gasteiger partial charge in [0.05, 0.1) is 27.3 Å². The summed E-state index contributed by atoms with van der Waals surface area (Å²) in [5.41, 5.74) is 22.7. The van der Waals surface area contributed by atoms with Gasteiger partial charge in [-0.3, -0.25) is 4.55 Å². The Labute approximate surface area is 384 Å². The zero-order valence-electron chi connectivity index (χ0n) is 38.4. The molecule has 0 saturated heterocycles. The van der Waals surface area contributed by atoms with Gasteiger partial charge < -0.3 is 0 Å². The van der Waals surface area contributed by atoms with Crippen molar-refractivity contribution >= 4 is 37.5 Å².